The van der Waals surface area contributed by atoms with Crippen LogP contribution in [-0.2, 0) is 18.4 Å². The molecule has 2 aromatic rings. The van der Waals surface area contributed by atoms with Gasteiger partial charge < -0.3 is 39.1 Å². The minimum atomic E-state index is -4.79. The zero-order valence-electron chi connectivity index (χ0n) is 15.4. The van der Waals surface area contributed by atoms with Crippen LogP contribution in [-0.4, -0.2) is 89.3 Å². The lowest BCUT2D eigenvalue weighted by Crippen LogP contribution is -2.33. The Labute approximate surface area is 164 Å². The van der Waals surface area contributed by atoms with Gasteiger partial charge in [-0.15, -0.1) is 0 Å². The molecule has 1 unspecified atom stereocenters. The number of aliphatic hydroxyl groups is 2. The molecule has 0 aromatic carbocycles. The topological polar surface area (TPSA) is 201 Å². The normalized spacial score (nSPS) is 27.3. The number of rotatable bonds is 7. The predicted octanol–water partition coefficient (Wildman–Crippen LogP) is -1.15. The van der Waals surface area contributed by atoms with E-state index in [1.807, 2.05) is 0 Å². The third-order valence-corrected chi connectivity index (χ3v) is 7.63. The molecular formula is C13H21N5O9P2. The van der Waals surface area contributed by atoms with Crippen molar-refractivity contribution in [1.82, 2.24) is 19.5 Å². The van der Waals surface area contributed by atoms with Crippen molar-refractivity contribution in [2.75, 3.05) is 31.5 Å². The lowest BCUT2D eigenvalue weighted by Gasteiger charge is -2.18. The van der Waals surface area contributed by atoms with Crippen molar-refractivity contribution in [3.63, 3.8) is 0 Å². The standard InChI is InChI=1S/C13H21N5O9P2/c1-17(2)11-8-12(15-4-14-11)18(5-16-8)13-10(20)9(19)7(27-13)3-26-29(24,25)6-28(21,22)23/h4-5,7,9-10,13,19-20H,3,6H2,1-2H3,(H,24,25)(H2,21,22,23)/t7-,9-,10-,13-/m1/s1. The van der Waals surface area contributed by atoms with Gasteiger partial charge in [0.25, 0.3) is 0 Å². The molecule has 0 amide bonds. The minimum absolute atomic E-state index is 0.329. The van der Waals surface area contributed by atoms with Crippen molar-refractivity contribution in [2.24, 2.45) is 0 Å². The van der Waals surface area contributed by atoms with Gasteiger partial charge in [-0.2, -0.15) is 0 Å². The number of ether oxygens (including phenoxy) is 1. The molecule has 0 spiro atoms. The first-order valence-electron chi connectivity index (χ1n) is 8.27. The van der Waals surface area contributed by atoms with E-state index in [2.05, 4.69) is 19.5 Å². The van der Waals surface area contributed by atoms with E-state index >= 15 is 0 Å². The van der Waals surface area contributed by atoms with Gasteiger partial charge in [0.2, 0.25) is 0 Å². The second-order valence-corrected chi connectivity index (χ2v) is 10.7. The van der Waals surface area contributed by atoms with E-state index in [0.29, 0.717) is 17.0 Å². The molecule has 14 nitrogen and oxygen atoms in total. The molecule has 1 saturated heterocycles. The first-order chi connectivity index (χ1) is 13.4. The van der Waals surface area contributed by atoms with E-state index in [1.54, 1.807) is 19.0 Å². The number of fused-ring (bicyclic) bond motifs is 1. The maximum atomic E-state index is 11.8. The van der Waals surface area contributed by atoms with E-state index in [-0.39, 0.29) is 0 Å². The lowest BCUT2D eigenvalue weighted by atomic mass is 10.1. The first kappa shape index (κ1) is 22.2. The molecule has 1 aliphatic heterocycles. The fraction of sp³-hybridized carbons (Fsp3) is 0.615. The van der Waals surface area contributed by atoms with Gasteiger partial charge in [-0.1, -0.05) is 0 Å². The van der Waals surface area contributed by atoms with Crippen LogP contribution >= 0.6 is 15.2 Å². The van der Waals surface area contributed by atoms with Crippen LogP contribution in [0.15, 0.2) is 12.7 Å². The lowest BCUT2D eigenvalue weighted by molar-refractivity contribution is -0.0483. The van der Waals surface area contributed by atoms with Crippen molar-refractivity contribution in [3.05, 3.63) is 12.7 Å². The Bertz CT molecular complexity index is 979. The third-order valence-electron chi connectivity index (χ3n) is 4.18. The van der Waals surface area contributed by atoms with Crippen LogP contribution in [0, 0.1) is 0 Å². The Balaban J connectivity index is 1.78. The quantitative estimate of drug-likeness (QED) is 0.315. The van der Waals surface area contributed by atoms with Gasteiger partial charge in [0.05, 0.1) is 12.9 Å². The summed E-state index contributed by atoms with van der Waals surface area (Å²) in [5.74, 6) is -0.842. The molecule has 0 radical (unpaired) electrons. The molecule has 3 rings (SSSR count). The van der Waals surface area contributed by atoms with Gasteiger partial charge in [0.1, 0.15) is 24.6 Å². The highest BCUT2D eigenvalue weighted by molar-refractivity contribution is 7.70. The van der Waals surface area contributed by atoms with Crippen LogP contribution < -0.4 is 4.90 Å². The second-order valence-electron chi connectivity index (χ2n) is 6.70. The molecule has 0 saturated carbocycles. The Morgan fingerprint density at radius 2 is 1.86 bits per heavy atom. The van der Waals surface area contributed by atoms with Crippen LogP contribution in [0.5, 0.6) is 0 Å². The molecule has 16 heteroatoms. The molecule has 2 aromatic heterocycles. The summed E-state index contributed by atoms with van der Waals surface area (Å²) in [6.07, 6.45) is -2.66. The summed E-state index contributed by atoms with van der Waals surface area (Å²) in [6, 6.07) is 0. The number of hydrogen-bond donors (Lipinski definition) is 5. The van der Waals surface area contributed by atoms with Gasteiger partial charge in [-0.25, -0.2) is 15.0 Å². The molecule has 1 fully saturated rings. The van der Waals surface area contributed by atoms with Crippen molar-refractivity contribution >= 4 is 32.2 Å². The maximum Gasteiger partial charge on any atom is 0.340 e. The molecule has 3 heterocycles. The summed E-state index contributed by atoms with van der Waals surface area (Å²) in [7, 11) is -5.88. The highest BCUT2D eigenvalue weighted by Gasteiger charge is 2.45. The van der Waals surface area contributed by atoms with Crippen LogP contribution in [0.3, 0.4) is 0 Å². The summed E-state index contributed by atoms with van der Waals surface area (Å²) in [4.78, 5) is 41.4. The smallest absolute Gasteiger partial charge is 0.340 e. The Morgan fingerprint density at radius 1 is 1.17 bits per heavy atom. The predicted molar refractivity (Wildman–Crippen MR) is 98.3 cm³/mol. The average Bonchev–Trinajstić information content (AvgIpc) is 3.13. The first-order valence-corrected chi connectivity index (χ1v) is 11.8. The Hall–Kier alpha value is -1.47. The van der Waals surface area contributed by atoms with E-state index in [0.717, 1.165) is 0 Å². The minimum Gasteiger partial charge on any atom is -0.387 e. The molecule has 1 aliphatic rings. The SMILES string of the molecule is CN(C)c1ncnc2c1ncn2[C@@H]1O[C@H](COP(=O)(O)CP(=O)(O)O)[C@@H](O)[C@H]1O. The highest BCUT2D eigenvalue weighted by Crippen LogP contribution is 2.55. The van der Waals surface area contributed by atoms with E-state index in [9.17, 15) is 24.2 Å². The molecule has 162 valence electrons. The molecule has 29 heavy (non-hydrogen) atoms. The van der Waals surface area contributed by atoms with Gasteiger partial charge in [-0.3, -0.25) is 13.7 Å². The van der Waals surface area contributed by atoms with Crippen LogP contribution in [0.4, 0.5) is 5.82 Å². The van der Waals surface area contributed by atoms with Gasteiger partial charge in [0, 0.05) is 14.1 Å². The fourth-order valence-corrected chi connectivity index (χ4v) is 5.48. The van der Waals surface area contributed by atoms with E-state index < -0.39 is 52.2 Å². The number of aromatic nitrogens is 4. The summed E-state index contributed by atoms with van der Waals surface area (Å²) in [5.41, 5.74) is 0.764. The maximum absolute atomic E-state index is 11.8. The van der Waals surface area contributed by atoms with Crippen molar-refractivity contribution in [3.8, 4) is 0 Å². The zero-order valence-corrected chi connectivity index (χ0v) is 17.2. The number of anilines is 1. The molecular weight excluding hydrogens is 432 g/mol. The molecule has 0 aliphatic carbocycles. The number of nitrogens with zero attached hydrogens (tertiary/aromatic N) is 5. The second kappa shape index (κ2) is 7.99. The average molecular weight is 453 g/mol. The fourth-order valence-electron chi connectivity index (χ4n) is 2.91. The van der Waals surface area contributed by atoms with E-state index in [1.165, 1.54) is 17.2 Å². The van der Waals surface area contributed by atoms with Crippen LogP contribution in [0.2, 0.25) is 0 Å². The summed E-state index contributed by atoms with van der Waals surface area (Å²) in [5, 5.41) is 20.6. The largest absolute Gasteiger partial charge is 0.387 e. The molecule has 5 atom stereocenters. The highest BCUT2D eigenvalue weighted by atomic mass is 31.2. The van der Waals surface area contributed by atoms with Crippen molar-refractivity contribution in [2.45, 2.75) is 24.5 Å². The van der Waals surface area contributed by atoms with Gasteiger partial charge in [0.15, 0.2) is 29.1 Å². The summed E-state index contributed by atoms with van der Waals surface area (Å²) in [6.45, 7) is -0.674. The zero-order chi connectivity index (χ0) is 21.6. The monoisotopic (exact) mass is 453 g/mol. The van der Waals surface area contributed by atoms with Gasteiger partial charge in [-0.05, 0) is 0 Å². The van der Waals surface area contributed by atoms with Crippen LogP contribution in [0.1, 0.15) is 6.23 Å². The number of imidazole rings is 1. The summed E-state index contributed by atoms with van der Waals surface area (Å²) < 4.78 is 34.3. The summed E-state index contributed by atoms with van der Waals surface area (Å²) >= 11 is 0. The number of hydrogen-bond acceptors (Lipinski definition) is 10. The molecule has 0 bridgehead atoms. The van der Waals surface area contributed by atoms with Crippen molar-refractivity contribution in [1.29, 1.82) is 0 Å². The Morgan fingerprint density at radius 3 is 2.48 bits per heavy atom. The third kappa shape index (κ3) is 4.82. The van der Waals surface area contributed by atoms with Crippen LogP contribution in [0.25, 0.3) is 11.2 Å². The van der Waals surface area contributed by atoms with Crippen molar-refractivity contribution < 1.29 is 43.3 Å². The Kier molecular flexibility index (Phi) is 6.12. The van der Waals surface area contributed by atoms with Gasteiger partial charge >= 0.3 is 15.2 Å². The molecule has 5 N–H and O–H groups in total. The number of aliphatic hydroxyl groups excluding tert-OH is 2. The van der Waals surface area contributed by atoms with E-state index in [4.69, 9.17) is 14.5 Å².